The van der Waals surface area contributed by atoms with Crippen LogP contribution in [-0.4, -0.2) is 91.5 Å². The summed E-state index contributed by atoms with van der Waals surface area (Å²) < 4.78 is 36.3. The molecule has 1 atom stereocenters. The van der Waals surface area contributed by atoms with Crippen LogP contribution in [0.5, 0.6) is 5.75 Å². The standard InChI is InChI=1S/C18H17FN4O2S.C13H19N3O4.C3H8NO5P.C3H9S/c1-4-5-22-13-7-12(11(19)6-14(13)25-9-16(22)24)20-17-23-10-18(2,3)8-15(23)21-26-17;1-5-10(6-2)14-12-11(15(17)18)7-8(3)9(4)13(12)16(19)20;5-3(6)1-4-2-10(7,8)9;1-4(2)3/h1,6-7H,5,8-10H2,2-3H3;7,10,14H,5-6H2,1-4H3;4H,1-2H2,(H,5,6)(H2,7,8,9);1-3H3/q;;;+1/p-1/b20-17-;;;. The van der Waals surface area contributed by atoms with Gasteiger partial charge >= 0.3 is 11.7 Å². The Balaban J connectivity index is 0.000000323. The van der Waals surface area contributed by atoms with Gasteiger partial charge < -0.3 is 34.1 Å². The van der Waals surface area contributed by atoms with Crippen LogP contribution in [0.15, 0.2) is 23.2 Å². The summed E-state index contributed by atoms with van der Waals surface area (Å²) in [7, 11) is -3.71. The summed E-state index contributed by atoms with van der Waals surface area (Å²) in [6.07, 6.45) is 13.6. The monoisotopic (exact) mass is 898 g/mol. The summed E-state index contributed by atoms with van der Waals surface area (Å²) in [5.41, 5.74) is 1.23. The summed E-state index contributed by atoms with van der Waals surface area (Å²) >= 11 is 1.24. The molecular weight excluding hydrogens is 847 g/mol. The predicted octanol–water partition coefficient (Wildman–Crippen LogP) is 4.64. The largest absolute Gasteiger partial charge is 0.778 e. The number of rotatable bonds is 12. The van der Waals surface area contributed by atoms with E-state index >= 15 is 0 Å². The fourth-order valence-electron chi connectivity index (χ4n) is 5.64. The third-order valence-corrected chi connectivity index (χ3v) is 9.93. The van der Waals surface area contributed by atoms with Crippen molar-refractivity contribution in [1.82, 2.24) is 14.3 Å². The number of terminal acetylenes is 1. The minimum Gasteiger partial charge on any atom is -0.778 e. The van der Waals surface area contributed by atoms with Gasteiger partial charge in [-0.1, -0.05) is 33.6 Å². The number of carbonyl (C=O) groups excluding carboxylic acids is 1. The van der Waals surface area contributed by atoms with E-state index < -0.39 is 42.1 Å². The minimum atomic E-state index is -4.35. The molecular formula is C37H52FN8O11PS2. The van der Waals surface area contributed by atoms with E-state index in [4.69, 9.17) is 21.2 Å². The zero-order valence-corrected chi connectivity index (χ0v) is 37.5. The number of aromatic nitrogens is 2. The third-order valence-electron chi connectivity index (χ3n) is 8.53. The predicted molar refractivity (Wildman–Crippen MR) is 229 cm³/mol. The highest BCUT2D eigenvalue weighted by molar-refractivity contribution is 7.94. The number of nitrogens with zero attached hydrogens (tertiary/aromatic N) is 6. The molecule has 19 nitrogen and oxygen atoms in total. The maximum absolute atomic E-state index is 14.5. The van der Waals surface area contributed by atoms with Crippen molar-refractivity contribution in [3.8, 4) is 18.1 Å². The van der Waals surface area contributed by atoms with Gasteiger partial charge in [0.25, 0.3) is 11.6 Å². The molecule has 330 valence electrons. The molecule has 2 aromatic carbocycles. The molecule has 0 spiro atoms. The van der Waals surface area contributed by atoms with Crippen molar-refractivity contribution in [2.24, 2.45) is 10.4 Å². The average molecular weight is 899 g/mol. The topological polar surface area (TPSA) is 268 Å². The van der Waals surface area contributed by atoms with Crippen LogP contribution in [-0.2, 0) is 38.0 Å². The highest BCUT2D eigenvalue weighted by Gasteiger charge is 2.32. The first-order chi connectivity index (χ1) is 27.9. The molecule has 23 heteroatoms. The van der Waals surface area contributed by atoms with Crippen LogP contribution in [0.2, 0.25) is 0 Å². The number of carboxylic acid groups (broad SMARTS) is 1. The molecule has 0 saturated carbocycles. The molecule has 1 amide bonds. The number of carboxylic acids is 1. The van der Waals surface area contributed by atoms with Gasteiger partial charge in [-0.15, -0.1) is 6.42 Å². The number of halogens is 1. The molecule has 0 bridgehead atoms. The van der Waals surface area contributed by atoms with Crippen molar-refractivity contribution in [1.29, 1.82) is 0 Å². The van der Waals surface area contributed by atoms with Gasteiger partial charge in [0.15, 0.2) is 18.1 Å². The molecule has 1 unspecified atom stereocenters. The first kappa shape index (κ1) is 51.2. The van der Waals surface area contributed by atoms with Crippen LogP contribution < -0.4 is 30.0 Å². The summed E-state index contributed by atoms with van der Waals surface area (Å²) in [5.74, 6) is 1.75. The molecule has 0 radical (unpaired) electrons. The van der Waals surface area contributed by atoms with E-state index in [2.05, 4.69) is 53.2 Å². The summed E-state index contributed by atoms with van der Waals surface area (Å²) in [5, 5.41) is 35.4. The maximum Gasteiger partial charge on any atom is 0.317 e. The number of aliphatic carboxylic acids is 1. The number of benzene rings is 2. The Hall–Kier alpha value is -4.91. The summed E-state index contributed by atoms with van der Waals surface area (Å²) in [4.78, 5) is 67.6. The second kappa shape index (κ2) is 22.6. The molecule has 60 heavy (non-hydrogen) atoms. The first-order valence-electron chi connectivity index (χ1n) is 18.3. The number of ether oxygens (including phenoxy) is 1. The van der Waals surface area contributed by atoms with Crippen LogP contribution in [0.1, 0.15) is 57.5 Å². The molecule has 0 saturated heterocycles. The van der Waals surface area contributed by atoms with Gasteiger partial charge in [-0.05, 0) is 54.6 Å². The zero-order valence-electron chi connectivity index (χ0n) is 34.9. The fraction of sp³-hybridized carbons (Fsp3) is 0.514. The fourth-order valence-corrected chi connectivity index (χ4v) is 6.79. The van der Waals surface area contributed by atoms with Crippen molar-refractivity contribution >= 4 is 70.3 Å². The Morgan fingerprint density at radius 1 is 1.20 bits per heavy atom. The second-order valence-electron chi connectivity index (χ2n) is 14.7. The van der Waals surface area contributed by atoms with E-state index in [1.807, 2.05) is 23.7 Å². The Bertz CT molecular complexity index is 2200. The van der Waals surface area contributed by atoms with E-state index in [1.54, 1.807) is 13.8 Å². The van der Waals surface area contributed by atoms with E-state index in [9.17, 15) is 43.7 Å². The summed E-state index contributed by atoms with van der Waals surface area (Å²) in [6, 6.07) is 4.10. The molecule has 0 fully saturated rings. The number of hydrogen-bond acceptors (Lipinski definition) is 14. The number of aryl methyl sites for hydroxylation is 1. The lowest BCUT2D eigenvalue weighted by Crippen LogP contribution is -2.39. The van der Waals surface area contributed by atoms with Crippen LogP contribution in [0, 0.1) is 57.7 Å². The van der Waals surface area contributed by atoms with Gasteiger partial charge in [-0.25, -0.2) is 9.38 Å². The number of nitro benzene ring substituents is 2. The highest BCUT2D eigenvalue weighted by atomic mass is 32.2. The van der Waals surface area contributed by atoms with Crippen LogP contribution in [0.3, 0.4) is 0 Å². The molecule has 5 rings (SSSR count). The molecule has 2 aliphatic rings. The molecule has 2 aliphatic heterocycles. The Labute approximate surface area is 354 Å². The number of nitrogens with one attached hydrogen (secondary N) is 2. The van der Waals surface area contributed by atoms with Gasteiger partial charge in [0.1, 0.15) is 24.9 Å². The van der Waals surface area contributed by atoms with Crippen LogP contribution in [0.4, 0.5) is 32.8 Å². The number of anilines is 2. The quantitative estimate of drug-likeness (QED) is 0.0635. The first-order valence-corrected chi connectivity index (χ1v) is 23.3. The minimum absolute atomic E-state index is 0.0109. The molecule has 1 aromatic heterocycles. The normalized spacial score (nSPS) is 14.8. The summed E-state index contributed by atoms with van der Waals surface area (Å²) in [6.45, 7) is 11.7. The van der Waals surface area contributed by atoms with Crippen molar-refractivity contribution < 1.29 is 48.0 Å². The van der Waals surface area contributed by atoms with Crippen molar-refractivity contribution in [3.63, 3.8) is 0 Å². The van der Waals surface area contributed by atoms with Crippen molar-refractivity contribution in [2.45, 2.75) is 73.4 Å². The lowest BCUT2D eigenvalue weighted by molar-refractivity contribution is -0.392. The van der Waals surface area contributed by atoms with E-state index in [1.165, 1.54) is 34.6 Å². The lowest BCUT2D eigenvalue weighted by atomic mass is 9.92. The molecule has 3 aromatic rings. The Morgan fingerprint density at radius 2 is 1.82 bits per heavy atom. The lowest BCUT2D eigenvalue weighted by Gasteiger charge is -2.28. The second-order valence-corrected chi connectivity index (χ2v) is 19.5. The number of nitro groups is 2. The average Bonchev–Trinajstić information content (AvgIpc) is 3.64. The Morgan fingerprint density at radius 3 is 2.33 bits per heavy atom. The zero-order chi connectivity index (χ0) is 45.7. The molecule has 0 aliphatic carbocycles. The van der Waals surface area contributed by atoms with Gasteiger partial charge in [0.2, 0.25) is 4.80 Å². The van der Waals surface area contributed by atoms with Gasteiger partial charge in [-0.2, -0.15) is 4.37 Å². The number of amides is 1. The van der Waals surface area contributed by atoms with Gasteiger partial charge in [0, 0.05) is 48.2 Å². The maximum atomic E-state index is 14.5. The SMILES string of the molecule is C#CCN1C(=O)COc2cc(F)c(/N=c3\snc4n3CC(C)(C)C4)cc21.CCC(CC)Nc1c([N+](=O)[O-])cc(C)c(C)c1[N+](=O)[O-].C[S+](C)C.O=C(O)CNCP(=O)([O-])O. The number of carbonyl (C=O) groups is 2. The van der Waals surface area contributed by atoms with E-state index in [-0.39, 0.29) is 53.3 Å². The number of fused-ring (bicyclic) bond motifs is 2. The van der Waals surface area contributed by atoms with Crippen LogP contribution >= 0.6 is 19.1 Å². The highest BCUT2D eigenvalue weighted by Crippen LogP contribution is 2.40. The van der Waals surface area contributed by atoms with E-state index in [0.717, 1.165) is 31.6 Å². The molecule has 3 heterocycles. The van der Waals surface area contributed by atoms with Crippen molar-refractivity contribution in [3.05, 3.63) is 66.0 Å². The van der Waals surface area contributed by atoms with E-state index in [0.29, 0.717) is 38.3 Å². The smallest absolute Gasteiger partial charge is 0.317 e. The van der Waals surface area contributed by atoms with Gasteiger partial charge in [0.05, 0.1) is 53.7 Å². The third kappa shape index (κ3) is 15.3. The molecule has 4 N–H and O–H groups in total. The van der Waals surface area contributed by atoms with Crippen molar-refractivity contribution in [2.75, 3.05) is 55.0 Å². The number of hydrogen-bond donors (Lipinski definition) is 4. The Kier molecular flexibility index (Phi) is 19.3. The van der Waals surface area contributed by atoms with Crippen LogP contribution in [0.25, 0.3) is 0 Å². The van der Waals surface area contributed by atoms with Gasteiger partial charge in [-0.3, -0.25) is 40.0 Å².